The Bertz CT molecular complexity index is 542. The Morgan fingerprint density at radius 1 is 1.36 bits per heavy atom. The summed E-state index contributed by atoms with van der Waals surface area (Å²) in [5.41, 5.74) is 1.95. The van der Waals surface area contributed by atoms with Gasteiger partial charge in [-0.25, -0.2) is 0 Å². The maximum atomic E-state index is 12.2. The average Bonchev–Trinajstić information content (AvgIpc) is 2.47. The molecule has 5 heteroatoms. The summed E-state index contributed by atoms with van der Waals surface area (Å²) in [7, 11) is 0. The number of nitrogens with zero attached hydrogens (tertiary/aromatic N) is 1. The highest BCUT2D eigenvalue weighted by Crippen LogP contribution is 2.23. The van der Waals surface area contributed by atoms with Crippen molar-refractivity contribution in [2.45, 2.75) is 32.6 Å². The number of carboxylic acid groups (broad SMARTS) is 1. The molecule has 0 bridgehead atoms. The van der Waals surface area contributed by atoms with E-state index in [1.54, 1.807) is 0 Å². The molecular weight excluding hydrogens is 280 g/mol. The highest BCUT2D eigenvalue weighted by atomic mass is 16.4. The molecule has 1 aromatic rings. The van der Waals surface area contributed by atoms with Gasteiger partial charge in [0.05, 0.1) is 12.5 Å². The van der Waals surface area contributed by atoms with Gasteiger partial charge in [-0.3, -0.25) is 14.5 Å². The fourth-order valence-electron chi connectivity index (χ4n) is 2.91. The number of nitrogens with one attached hydrogen (secondary N) is 1. The minimum Gasteiger partial charge on any atom is -0.481 e. The molecule has 0 spiro atoms. The first-order valence-electron chi connectivity index (χ1n) is 7.81. The second kappa shape index (κ2) is 7.40. The van der Waals surface area contributed by atoms with Crippen LogP contribution in [-0.4, -0.2) is 41.5 Å². The number of hydrogen-bond acceptors (Lipinski definition) is 3. The van der Waals surface area contributed by atoms with Gasteiger partial charge in [0, 0.05) is 12.2 Å². The smallest absolute Gasteiger partial charge is 0.307 e. The predicted octanol–water partition coefficient (Wildman–Crippen LogP) is 2.55. The maximum Gasteiger partial charge on any atom is 0.307 e. The van der Waals surface area contributed by atoms with Gasteiger partial charge >= 0.3 is 5.97 Å². The van der Waals surface area contributed by atoms with Crippen molar-refractivity contribution >= 4 is 17.6 Å². The number of likely N-dealkylation sites (tertiary alicyclic amines) is 1. The van der Waals surface area contributed by atoms with Gasteiger partial charge in [-0.15, -0.1) is 0 Å². The monoisotopic (exact) mass is 304 g/mol. The molecule has 1 aliphatic rings. The third-order valence-electron chi connectivity index (χ3n) is 4.08. The summed E-state index contributed by atoms with van der Waals surface area (Å²) in [4.78, 5) is 25.2. The Balaban J connectivity index is 1.94. The van der Waals surface area contributed by atoms with Crippen molar-refractivity contribution in [2.75, 3.05) is 25.0 Å². The summed E-state index contributed by atoms with van der Waals surface area (Å²) in [5.74, 6) is -0.873. The van der Waals surface area contributed by atoms with Crippen molar-refractivity contribution in [2.24, 2.45) is 5.92 Å². The molecule has 0 aliphatic carbocycles. The van der Waals surface area contributed by atoms with Crippen molar-refractivity contribution in [1.82, 2.24) is 4.90 Å². The fourth-order valence-corrected chi connectivity index (χ4v) is 2.91. The van der Waals surface area contributed by atoms with Crippen LogP contribution in [0.5, 0.6) is 0 Å². The van der Waals surface area contributed by atoms with Gasteiger partial charge in [0.15, 0.2) is 0 Å². The molecule has 2 N–H and O–H groups in total. The zero-order chi connectivity index (χ0) is 16.1. The normalized spacial score (nSPS) is 19.1. The molecule has 1 aromatic carbocycles. The molecule has 22 heavy (non-hydrogen) atoms. The number of hydrogen-bond donors (Lipinski definition) is 2. The summed E-state index contributed by atoms with van der Waals surface area (Å²) in [6, 6.07) is 7.79. The summed E-state index contributed by atoms with van der Waals surface area (Å²) in [6.07, 6.45) is 1.52. The van der Waals surface area contributed by atoms with E-state index in [2.05, 4.69) is 19.2 Å². The van der Waals surface area contributed by atoms with Crippen LogP contribution in [-0.2, 0) is 9.59 Å². The summed E-state index contributed by atoms with van der Waals surface area (Å²) in [6.45, 7) is 5.66. The van der Waals surface area contributed by atoms with Crippen LogP contribution in [0.3, 0.4) is 0 Å². The number of amides is 1. The van der Waals surface area contributed by atoms with E-state index in [-0.39, 0.29) is 18.4 Å². The summed E-state index contributed by atoms with van der Waals surface area (Å²) < 4.78 is 0. The molecule has 2 rings (SSSR count). The van der Waals surface area contributed by atoms with Gasteiger partial charge in [0.2, 0.25) is 5.91 Å². The molecule has 0 radical (unpaired) electrons. The van der Waals surface area contributed by atoms with E-state index in [9.17, 15) is 9.59 Å². The van der Waals surface area contributed by atoms with Crippen LogP contribution in [0.15, 0.2) is 24.3 Å². The van der Waals surface area contributed by atoms with Crippen molar-refractivity contribution < 1.29 is 14.7 Å². The lowest BCUT2D eigenvalue weighted by Gasteiger charge is -2.30. The summed E-state index contributed by atoms with van der Waals surface area (Å²) >= 11 is 0. The van der Waals surface area contributed by atoms with E-state index in [4.69, 9.17) is 5.11 Å². The number of carboxylic acids is 1. The van der Waals surface area contributed by atoms with Gasteiger partial charge < -0.3 is 10.4 Å². The zero-order valence-corrected chi connectivity index (χ0v) is 13.2. The first-order valence-corrected chi connectivity index (χ1v) is 7.81. The number of rotatable bonds is 5. The largest absolute Gasteiger partial charge is 0.481 e. The molecule has 1 heterocycles. The van der Waals surface area contributed by atoms with Crippen LogP contribution in [0.2, 0.25) is 0 Å². The van der Waals surface area contributed by atoms with Gasteiger partial charge in [-0.1, -0.05) is 32.0 Å². The number of aliphatic carboxylic acids is 1. The topological polar surface area (TPSA) is 69.6 Å². The Morgan fingerprint density at radius 3 is 2.77 bits per heavy atom. The van der Waals surface area contributed by atoms with Gasteiger partial charge in [0.1, 0.15) is 0 Å². The molecule has 1 aliphatic heterocycles. The van der Waals surface area contributed by atoms with E-state index in [1.807, 2.05) is 29.2 Å². The van der Waals surface area contributed by atoms with Crippen LogP contribution in [0.25, 0.3) is 0 Å². The van der Waals surface area contributed by atoms with E-state index in [0.29, 0.717) is 18.9 Å². The molecule has 1 atom stereocenters. The fraction of sp³-hybridized carbons (Fsp3) is 0.529. The molecule has 1 amide bonds. The number of carbonyl (C=O) groups excluding carboxylic acids is 1. The highest BCUT2D eigenvalue weighted by molar-refractivity contribution is 5.93. The molecular formula is C17H24N2O3. The van der Waals surface area contributed by atoms with Gasteiger partial charge in [-0.05, 0) is 36.9 Å². The average molecular weight is 304 g/mol. The lowest BCUT2D eigenvalue weighted by atomic mass is 9.98. The first-order chi connectivity index (χ1) is 10.5. The van der Waals surface area contributed by atoms with E-state index in [1.165, 1.54) is 0 Å². The number of piperidine rings is 1. The van der Waals surface area contributed by atoms with Crippen LogP contribution in [0.1, 0.15) is 38.2 Å². The Morgan fingerprint density at radius 2 is 2.09 bits per heavy atom. The van der Waals surface area contributed by atoms with Crippen molar-refractivity contribution in [1.29, 1.82) is 0 Å². The van der Waals surface area contributed by atoms with E-state index < -0.39 is 5.97 Å². The highest BCUT2D eigenvalue weighted by Gasteiger charge is 2.26. The lowest BCUT2D eigenvalue weighted by Crippen LogP contribution is -2.42. The predicted molar refractivity (Wildman–Crippen MR) is 86.0 cm³/mol. The van der Waals surface area contributed by atoms with Gasteiger partial charge in [-0.2, -0.15) is 0 Å². The molecule has 1 saturated heterocycles. The van der Waals surface area contributed by atoms with Crippen LogP contribution >= 0.6 is 0 Å². The number of para-hydroxylation sites is 1. The molecule has 120 valence electrons. The third kappa shape index (κ3) is 4.31. The van der Waals surface area contributed by atoms with Crippen LogP contribution < -0.4 is 5.32 Å². The van der Waals surface area contributed by atoms with E-state index in [0.717, 1.165) is 24.2 Å². The minimum absolute atomic E-state index is 0.0841. The Labute approximate surface area is 131 Å². The summed E-state index contributed by atoms with van der Waals surface area (Å²) in [5, 5.41) is 12.1. The Hall–Kier alpha value is -1.88. The van der Waals surface area contributed by atoms with Crippen molar-refractivity contribution in [3.63, 3.8) is 0 Å². The van der Waals surface area contributed by atoms with Crippen LogP contribution in [0, 0.1) is 5.92 Å². The zero-order valence-electron chi connectivity index (χ0n) is 13.2. The molecule has 0 saturated carbocycles. The lowest BCUT2D eigenvalue weighted by molar-refractivity contribution is -0.144. The molecule has 1 fully saturated rings. The number of anilines is 1. The van der Waals surface area contributed by atoms with E-state index >= 15 is 0 Å². The third-order valence-corrected chi connectivity index (χ3v) is 4.08. The quantitative estimate of drug-likeness (QED) is 0.877. The SMILES string of the molecule is CC(C)c1ccccc1NC(=O)CN1CCCC(C(=O)O)C1. The molecule has 0 aromatic heterocycles. The second-order valence-electron chi connectivity index (χ2n) is 6.20. The standard InChI is InChI=1S/C17H24N2O3/c1-12(2)14-7-3-4-8-15(14)18-16(20)11-19-9-5-6-13(10-19)17(21)22/h3-4,7-8,12-13H,5-6,9-11H2,1-2H3,(H,18,20)(H,21,22). The number of benzene rings is 1. The molecule has 1 unspecified atom stereocenters. The second-order valence-corrected chi connectivity index (χ2v) is 6.20. The van der Waals surface area contributed by atoms with Gasteiger partial charge in [0.25, 0.3) is 0 Å². The first kappa shape index (κ1) is 16.5. The van der Waals surface area contributed by atoms with Crippen molar-refractivity contribution in [3.05, 3.63) is 29.8 Å². The van der Waals surface area contributed by atoms with Crippen LogP contribution in [0.4, 0.5) is 5.69 Å². The Kier molecular flexibility index (Phi) is 5.55. The minimum atomic E-state index is -0.768. The maximum absolute atomic E-state index is 12.2. The van der Waals surface area contributed by atoms with Crippen molar-refractivity contribution in [3.8, 4) is 0 Å². The molecule has 5 nitrogen and oxygen atoms in total. The number of carbonyl (C=O) groups is 2.